The highest BCUT2D eigenvalue weighted by atomic mass is 16.1. The molecule has 25 heavy (non-hydrogen) atoms. The molecule has 0 saturated carbocycles. The molecule has 1 unspecified atom stereocenters. The van der Waals surface area contributed by atoms with E-state index in [-0.39, 0.29) is 5.91 Å². The molecule has 134 valence electrons. The molecule has 2 nitrogen and oxygen atoms in total. The maximum Gasteiger partial charge on any atom is 0.224 e. The molecule has 0 radical (unpaired) electrons. The number of hydrogen-bond donors (Lipinski definition) is 1. The third kappa shape index (κ3) is 7.55. The van der Waals surface area contributed by atoms with Gasteiger partial charge in [-0.3, -0.25) is 4.79 Å². The second kappa shape index (κ2) is 10.0. The predicted octanol–water partition coefficient (Wildman–Crippen LogP) is 5.87. The smallest absolute Gasteiger partial charge is 0.224 e. The lowest BCUT2D eigenvalue weighted by Gasteiger charge is -2.13. The molecule has 0 aliphatic heterocycles. The van der Waals surface area contributed by atoms with Crippen LogP contribution in [0, 0.1) is 11.8 Å². The maximum absolute atomic E-state index is 12.1. The Hall–Kier alpha value is -2.09. The summed E-state index contributed by atoms with van der Waals surface area (Å²) in [6.45, 7) is 6.55. The van der Waals surface area contributed by atoms with E-state index in [1.54, 1.807) is 0 Å². The number of carbonyl (C=O) groups excluding carboxylic acids is 1. The molecule has 0 fully saturated rings. The molecule has 0 aliphatic carbocycles. The van der Waals surface area contributed by atoms with Crippen LogP contribution in [0.15, 0.2) is 54.6 Å². The minimum atomic E-state index is 0.116. The van der Waals surface area contributed by atoms with Crippen molar-refractivity contribution < 1.29 is 4.79 Å². The lowest BCUT2D eigenvalue weighted by atomic mass is 9.96. The van der Waals surface area contributed by atoms with Crippen LogP contribution >= 0.6 is 0 Å². The van der Waals surface area contributed by atoms with Crippen molar-refractivity contribution >= 4 is 11.6 Å². The Bertz CT molecular complexity index is 631. The fraction of sp³-hybridized carbons (Fsp3) is 0.435. The van der Waals surface area contributed by atoms with Crippen LogP contribution in [0.3, 0.4) is 0 Å². The Morgan fingerprint density at radius 3 is 2.08 bits per heavy atom. The van der Waals surface area contributed by atoms with E-state index in [4.69, 9.17) is 0 Å². The van der Waals surface area contributed by atoms with Gasteiger partial charge >= 0.3 is 0 Å². The fourth-order valence-corrected chi connectivity index (χ4v) is 3.31. The number of nitrogens with one attached hydrogen (secondary N) is 1. The molecule has 0 aromatic heterocycles. The zero-order chi connectivity index (χ0) is 18.1. The van der Waals surface area contributed by atoms with E-state index in [0.29, 0.717) is 18.3 Å². The predicted molar refractivity (Wildman–Crippen MR) is 107 cm³/mol. The van der Waals surface area contributed by atoms with Gasteiger partial charge in [0.15, 0.2) is 0 Å². The van der Waals surface area contributed by atoms with Crippen LogP contribution in [0.2, 0.25) is 0 Å². The van der Waals surface area contributed by atoms with E-state index in [1.165, 1.54) is 11.1 Å². The van der Waals surface area contributed by atoms with Crippen molar-refractivity contribution in [3.8, 4) is 0 Å². The van der Waals surface area contributed by atoms with Crippen molar-refractivity contribution in [1.29, 1.82) is 0 Å². The van der Waals surface area contributed by atoms with Gasteiger partial charge in [0.25, 0.3) is 0 Å². The highest BCUT2D eigenvalue weighted by molar-refractivity contribution is 5.90. The standard InChI is InChI=1S/C23H31NO/c1-18(2)16-19(3)17-23(25)24-22-14-12-21(13-15-22)11-7-10-20-8-5-4-6-9-20/h4-6,8-9,12-15,18-19H,7,10-11,16-17H2,1-3H3,(H,24,25). The first-order chi connectivity index (χ1) is 12.0. The monoisotopic (exact) mass is 337 g/mol. The second-order valence-electron chi connectivity index (χ2n) is 7.52. The largest absolute Gasteiger partial charge is 0.326 e. The van der Waals surface area contributed by atoms with Crippen molar-refractivity contribution in [2.75, 3.05) is 5.32 Å². The van der Waals surface area contributed by atoms with Gasteiger partial charge in [-0.2, -0.15) is 0 Å². The number of hydrogen-bond acceptors (Lipinski definition) is 1. The van der Waals surface area contributed by atoms with Gasteiger partial charge < -0.3 is 5.32 Å². The van der Waals surface area contributed by atoms with Crippen LogP contribution in [0.4, 0.5) is 5.69 Å². The van der Waals surface area contributed by atoms with Gasteiger partial charge in [-0.1, -0.05) is 63.2 Å². The molecule has 2 aromatic rings. The van der Waals surface area contributed by atoms with Crippen LogP contribution in [0.1, 0.15) is 51.2 Å². The summed E-state index contributed by atoms with van der Waals surface area (Å²) in [5.74, 6) is 1.18. The second-order valence-corrected chi connectivity index (χ2v) is 7.52. The van der Waals surface area contributed by atoms with Crippen molar-refractivity contribution in [2.24, 2.45) is 11.8 Å². The van der Waals surface area contributed by atoms with Gasteiger partial charge in [-0.05, 0) is 60.8 Å². The van der Waals surface area contributed by atoms with Crippen molar-refractivity contribution in [3.05, 3.63) is 65.7 Å². The first kappa shape index (κ1) is 19.2. The number of rotatable bonds is 9. The molecular formula is C23H31NO. The first-order valence-electron chi connectivity index (χ1n) is 9.45. The van der Waals surface area contributed by atoms with E-state index in [9.17, 15) is 4.79 Å². The summed E-state index contributed by atoms with van der Waals surface area (Å²) in [5.41, 5.74) is 3.61. The Balaban J connectivity index is 1.74. The fourth-order valence-electron chi connectivity index (χ4n) is 3.31. The van der Waals surface area contributed by atoms with E-state index in [1.807, 2.05) is 12.1 Å². The molecule has 0 heterocycles. The molecule has 0 spiro atoms. The van der Waals surface area contributed by atoms with E-state index in [2.05, 4.69) is 68.6 Å². The third-order valence-corrected chi connectivity index (χ3v) is 4.42. The molecule has 2 heteroatoms. The van der Waals surface area contributed by atoms with Gasteiger partial charge in [-0.25, -0.2) is 0 Å². The van der Waals surface area contributed by atoms with Crippen LogP contribution in [-0.4, -0.2) is 5.91 Å². The molecule has 0 saturated heterocycles. The molecule has 1 N–H and O–H groups in total. The van der Waals surface area contributed by atoms with Gasteiger partial charge in [0, 0.05) is 12.1 Å². The highest BCUT2D eigenvalue weighted by Gasteiger charge is 2.11. The summed E-state index contributed by atoms with van der Waals surface area (Å²) in [7, 11) is 0. The van der Waals surface area contributed by atoms with Crippen molar-refractivity contribution in [3.63, 3.8) is 0 Å². The Labute approximate surface area is 152 Å². The lowest BCUT2D eigenvalue weighted by Crippen LogP contribution is -2.16. The van der Waals surface area contributed by atoms with Crippen molar-refractivity contribution in [2.45, 2.75) is 52.9 Å². The van der Waals surface area contributed by atoms with Crippen LogP contribution in [0.5, 0.6) is 0 Å². The SMILES string of the molecule is CC(C)CC(C)CC(=O)Nc1ccc(CCCc2ccccc2)cc1. The topological polar surface area (TPSA) is 29.1 Å². The summed E-state index contributed by atoms with van der Waals surface area (Å²) in [6.07, 6.45) is 4.99. The Morgan fingerprint density at radius 2 is 1.48 bits per heavy atom. The van der Waals surface area contributed by atoms with Crippen molar-refractivity contribution in [1.82, 2.24) is 0 Å². The maximum atomic E-state index is 12.1. The average molecular weight is 338 g/mol. The Morgan fingerprint density at radius 1 is 0.880 bits per heavy atom. The normalized spacial score (nSPS) is 12.2. The molecule has 1 atom stereocenters. The summed E-state index contributed by atoms with van der Waals surface area (Å²) in [6, 6.07) is 18.9. The van der Waals surface area contributed by atoms with Gasteiger partial charge in [0.1, 0.15) is 0 Å². The van der Waals surface area contributed by atoms with Crippen LogP contribution in [0.25, 0.3) is 0 Å². The summed E-state index contributed by atoms with van der Waals surface area (Å²) >= 11 is 0. The molecule has 2 rings (SSSR count). The zero-order valence-electron chi connectivity index (χ0n) is 15.8. The molecule has 0 aliphatic rings. The number of benzene rings is 2. The molecule has 0 bridgehead atoms. The first-order valence-corrected chi connectivity index (χ1v) is 9.45. The highest BCUT2D eigenvalue weighted by Crippen LogP contribution is 2.17. The number of carbonyl (C=O) groups is 1. The minimum absolute atomic E-state index is 0.116. The lowest BCUT2D eigenvalue weighted by molar-refractivity contribution is -0.117. The number of anilines is 1. The average Bonchev–Trinajstić information content (AvgIpc) is 2.56. The van der Waals surface area contributed by atoms with Gasteiger partial charge in [0.05, 0.1) is 0 Å². The summed E-state index contributed by atoms with van der Waals surface area (Å²) < 4.78 is 0. The summed E-state index contributed by atoms with van der Waals surface area (Å²) in [4.78, 5) is 12.1. The van der Waals surface area contributed by atoms with Crippen LogP contribution < -0.4 is 5.32 Å². The quantitative estimate of drug-likeness (QED) is 0.609. The van der Waals surface area contributed by atoms with E-state index < -0.39 is 0 Å². The van der Waals surface area contributed by atoms with E-state index in [0.717, 1.165) is 31.4 Å². The third-order valence-electron chi connectivity index (χ3n) is 4.42. The number of amides is 1. The molecule has 2 aromatic carbocycles. The molecular weight excluding hydrogens is 306 g/mol. The Kier molecular flexibility index (Phi) is 7.72. The van der Waals surface area contributed by atoms with Gasteiger partial charge in [0.2, 0.25) is 5.91 Å². The van der Waals surface area contributed by atoms with E-state index >= 15 is 0 Å². The summed E-state index contributed by atoms with van der Waals surface area (Å²) in [5, 5.41) is 3.02. The van der Waals surface area contributed by atoms with Crippen LogP contribution in [-0.2, 0) is 17.6 Å². The van der Waals surface area contributed by atoms with Gasteiger partial charge in [-0.15, -0.1) is 0 Å². The minimum Gasteiger partial charge on any atom is -0.326 e. The number of aryl methyl sites for hydroxylation is 2. The molecule has 1 amide bonds. The zero-order valence-corrected chi connectivity index (χ0v) is 15.8.